The average Bonchev–Trinajstić information content (AvgIpc) is 2.88. The van der Waals surface area contributed by atoms with Crippen molar-refractivity contribution in [1.82, 2.24) is 14.9 Å². The molecule has 2 rings (SSSR count). The fourth-order valence-corrected chi connectivity index (χ4v) is 2.48. The van der Waals surface area contributed by atoms with Crippen molar-refractivity contribution in [2.24, 2.45) is 0 Å². The van der Waals surface area contributed by atoms with Crippen molar-refractivity contribution in [2.45, 2.75) is 39.7 Å². The van der Waals surface area contributed by atoms with Crippen molar-refractivity contribution in [1.29, 1.82) is 0 Å². The van der Waals surface area contributed by atoms with Gasteiger partial charge in [-0.2, -0.15) is 0 Å². The van der Waals surface area contributed by atoms with Gasteiger partial charge in [0, 0.05) is 18.5 Å². The van der Waals surface area contributed by atoms with Crippen LogP contribution in [0.1, 0.15) is 39.1 Å². The molecule has 1 atom stereocenters. The van der Waals surface area contributed by atoms with Crippen LogP contribution in [0, 0.1) is 0 Å². The summed E-state index contributed by atoms with van der Waals surface area (Å²) in [4.78, 5) is 27.9. The molecule has 23 heavy (non-hydrogen) atoms. The predicted octanol–water partition coefficient (Wildman–Crippen LogP) is 2.81. The lowest BCUT2D eigenvalue weighted by atomic mass is 10.2. The fraction of sp³-hybridized carbons (Fsp3) is 0.389. The molecule has 0 spiro atoms. The number of hydrogen-bond acceptors (Lipinski definition) is 3. The van der Waals surface area contributed by atoms with Crippen LogP contribution in [0.4, 0.5) is 0 Å². The third kappa shape index (κ3) is 3.86. The first-order chi connectivity index (χ1) is 10.9. The Hall–Kier alpha value is -2.43. The predicted molar refractivity (Wildman–Crippen MR) is 91.3 cm³/mol. The topological polar surface area (TPSA) is 64.0 Å². The largest absolute Gasteiger partial charge is 0.352 e. The number of hydrogen-bond donors (Lipinski definition) is 1. The number of aromatic nitrogens is 2. The summed E-state index contributed by atoms with van der Waals surface area (Å²) in [5.74, 6) is 0.846. The zero-order valence-corrected chi connectivity index (χ0v) is 13.9. The number of amides is 1. The summed E-state index contributed by atoms with van der Waals surface area (Å²) in [7, 11) is 0. The second kappa shape index (κ2) is 7.22. The summed E-state index contributed by atoms with van der Waals surface area (Å²) < 4.78 is 2.00. The normalized spacial score (nSPS) is 12.1. The van der Waals surface area contributed by atoms with Gasteiger partial charge in [-0.1, -0.05) is 18.7 Å². The van der Waals surface area contributed by atoms with Crippen LogP contribution in [0.15, 0.2) is 36.4 Å². The first-order valence-corrected chi connectivity index (χ1v) is 7.81. The number of benzene rings is 1. The van der Waals surface area contributed by atoms with Crippen LogP contribution in [-0.4, -0.2) is 27.8 Å². The van der Waals surface area contributed by atoms with E-state index in [4.69, 9.17) is 0 Å². The maximum Gasteiger partial charge on any atom is 0.246 e. The Kier molecular flexibility index (Phi) is 5.32. The fourth-order valence-electron chi connectivity index (χ4n) is 2.48. The maximum absolute atomic E-state index is 11.8. The molecule has 0 aliphatic carbocycles. The first kappa shape index (κ1) is 16.9. The molecule has 0 aliphatic heterocycles. The van der Waals surface area contributed by atoms with Gasteiger partial charge in [-0.15, -0.1) is 0 Å². The van der Waals surface area contributed by atoms with Gasteiger partial charge in [0.05, 0.1) is 17.1 Å². The van der Waals surface area contributed by atoms with E-state index in [-0.39, 0.29) is 17.7 Å². The van der Waals surface area contributed by atoms with E-state index in [0.29, 0.717) is 18.5 Å². The Balaban J connectivity index is 2.16. The summed E-state index contributed by atoms with van der Waals surface area (Å²) in [6, 6.07) is 7.57. The van der Waals surface area contributed by atoms with Crippen molar-refractivity contribution in [3.05, 3.63) is 42.2 Å². The van der Waals surface area contributed by atoms with Crippen molar-refractivity contribution in [3.8, 4) is 0 Å². The van der Waals surface area contributed by atoms with Gasteiger partial charge < -0.3 is 9.88 Å². The lowest BCUT2D eigenvalue weighted by molar-refractivity contribution is -0.119. The third-order valence-corrected chi connectivity index (χ3v) is 3.89. The van der Waals surface area contributed by atoms with Crippen molar-refractivity contribution in [2.75, 3.05) is 6.54 Å². The smallest absolute Gasteiger partial charge is 0.246 e. The van der Waals surface area contributed by atoms with E-state index in [1.54, 1.807) is 13.8 Å². The van der Waals surface area contributed by atoms with E-state index in [9.17, 15) is 9.59 Å². The van der Waals surface area contributed by atoms with Gasteiger partial charge in [0.25, 0.3) is 0 Å². The van der Waals surface area contributed by atoms with Crippen LogP contribution >= 0.6 is 0 Å². The van der Waals surface area contributed by atoms with Gasteiger partial charge in [0.2, 0.25) is 5.91 Å². The summed E-state index contributed by atoms with van der Waals surface area (Å²) in [6.45, 7) is 9.34. The summed E-state index contributed by atoms with van der Waals surface area (Å²) in [6.07, 6.45) is 1.45. The highest BCUT2D eigenvalue weighted by Gasteiger charge is 2.18. The van der Waals surface area contributed by atoms with E-state index in [2.05, 4.69) is 16.9 Å². The molecule has 0 fully saturated rings. The van der Waals surface area contributed by atoms with Crippen molar-refractivity contribution >= 4 is 22.7 Å². The number of ketones is 1. The molecule has 1 aromatic heterocycles. The molecule has 0 radical (unpaired) electrons. The lowest BCUT2D eigenvalue weighted by Gasteiger charge is -2.15. The van der Waals surface area contributed by atoms with Crippen LogP contribution in [0.2, 0.25) is 0 Å². The highest BCUT2D eigenvalue weighted by Crippen LogP contribution is 2.22. The average molecular weight is 313 g/mol. The number of fused-ring (bicyclic) bond motifs is 1. The molecule has 5 nitrogen and oxygen atoms in total. The number of aryl methyl sites for hydroxylation is 1. The van der Waals surface area contributed by atoms with E-state index in [1.165, 1.54) is 0 Å². The maximum atomic E-state index is 11.8. The molecular weight excluding hydrogens is 290 g/mol. The number of rotatable bonds is 7. The number of carbonyl (C=O) groups excluding carboxylic acids is 2. The van der Waals surface area contributed by atoms with Gasteiger partial charge in [-0.3, -0.25) is 9.59 Å². The molecule has 1 heterocycles. The quantitative estimate of drug-likeness (QED) is 0.631. The van der Waals surface area contributed by atoms with Gasteiger partial charge in [-0.05, 0) is 39.3 Å². The van der Waals surface area contributed by atoms with E-state index in [0.717, 1.165) is 23.3 Å². The Bertz CT molecular complexity index is 746. The minimum Gasteiger partial charge on any atom is -0.352 e. The number of imidazole rings is 1. The lowest BCUT2D eigenvalue weighted by Crippen LogP contribution is -2.25. The van der Waals surface area contributed by atoms with Gasteiger partial charge in [0.1, 0.15) is 5.82 Å². The SMILES string of the molecule is C=C(C)C(=O)NCCCc1nc2ccccc2n1C(C)C(C)=O. The zero-order chi connectivity index (χ0) is 17.0. The Labute approximate surface area is 136 Å². The summed E-state index contributed by atoms with van der Waals surface area (Å²) in [5.41, 5.74) is 2.36. The van der Waals surface area contributed by atoms with Crippen LogP contribution < -0.4 is 5.32 Å². The van der Waals surface area contributed by atoms with Gasteiger partial charge in [-0.25, -0.2) is 4.98 Å². The molecule has 0 aliphatic rings. The molecular formula is C18H23N3O2. The molecule has 0 saturated carbocycles. The third-order valence-electron chi connectivity index (χ3n) is 3.89. The minimum absolute atomic E-state index is 0.102. The van der Waals surface area contributed by atoms with Gasteiger partial charge >= 0.3 is 0 Å². The Morgan fingerprint density at radius 2 is 2.00 bits per heavy atom. The highest BCUT2D eigenvalue weighted by atomic mass is 16.1. The number of nitrogens with one attached hydrogen (secondary N) is 1. The second-order valence-electron chi connectivity index (χ2n) is 5.81. The van der Waals surface area contributed by atoms with Crippen molar-refractivity contribution < 1.29 is 9.59 Å². The molecule has 1 N–H and O–H groups in total. The second-order valence-corrected chi connectivity index (χ2v) is 5.81. The Morgan fingerprint density at radius 3 is 2.65 bits per heavy atom. The number of Topliss-reactive ketones (excluding diaryl/α,β-unsaturated/α-hetero) is 1. The zero-order valence-electron chi connectivity index (χ0n) is 13.9. The monoisotopic (exact) mass is 313 g/mol. The Morgan fingerprint density at radius 1 is 1.30 bits per heavy atom. The first-order valence-electron chi connectivity index (χ1n) is 7.81. The van der Waals surface area contributed by atoms with E-state index < -0.39 is 0 Å². The molecule has 1 aromatic carbocycles. The molecule has 122 valence electrons. The molecule has 5 heteroatoms. The molecule has 2 aromatic rings. The summed E-state index contributed by atoms with van der Waals surface area (Å²) >= 11 is 0. The van der Waals surface area contributed by atoms with Crippen LogP contribution in [-0.2, 0) is 16.0 Å². The van der Waals surface area contributed by atoms with Crippen molar-refractivity contribution in [3.63, 3.8) is 0 Å². The van der Waals surface area contributed by atoms with E-state index >= 15 is 0 Å². The van der Waals surface area contributed by atoms with Crippen LogP contribution in [0.25, 0.3) is 11.0 Å². The number of para-hydroxylation sites is 2. The number of carbonyl (C=O) groups is 2. The standard InChI is InChI=1S/C18H23N3O2/c1-12(2)18(23)19-11-7-10-17-20-15-8-5-6-9-16(15)21(17)13(3)14(4)22/h5-6,8-9,13H,1,7,10-11H2,2-4H3,(H,19,23). The molecule has 0 saturated heterocycles. The van der Waals surface area contributed by atoms with Gasteiger partial charge in [0.15, 0.2) is 5.78 Å². The van der Waals surface area contributed by atoms with Crippen LogP contribution in [0.5, 0.6) is 0 Å². The van der Waals surface area contributed by atoms with Crippen LogP contribution in [0.3, 0.4) is 0 Å². The minimum atomic E-state index is -0.248. The summed E-state index contributed by atoms with van der Waals surface area (Å²) in [5, 5.41) is 2.82. The highest BCUT2D eigenvalue weighted by molar-refractivity contribution is 5.92. The molecule has 0 bridgehead atoms. The van der Waals surface area contributed by atoms with E-state index in [1.807, 2.05) is 35.8 Å². The molecule has 1 amide bonds. The number of nitrogens with zero attached hydrogens (tertiary/aromatic N) is 2. The molecule has 1 unspecified atom stereocenters.